The summed E-state index contributed by atoms with van der Waals surface area (Å²) in [6, 6.07) is 4.00. The lowest BCUT2D eigenvalue weighted by Gasteiger charge is -2.28. The van der Waals surface area contributed by atoms with Gasteiger partial charge in [-0.15, -0.1) is 0 Å². The number of fused-ring (bicyclic) bond motifs is 1. The first kappa shape index (κ1) is 17.7. The minimum Gasteiger partial charge on any atom is -0.508 e. The van der Waals surface area contributed by atoms with Crippen LogP contribution in [-0.4, -0.2) is 33.7 Å². The summed E-state index contributed by atoms with van der Waals surface area (Å²) in [5, 5.41) is 19.8. The molecule has 0 fully saturated rings. The Morgan fingerprint density at radius 3 is 2.88 bits per heavy atom. The molecule has 3 N–H and O–H groups in total. The smallest absolute Gasteiger partial charge is 0.134 e. The van der Waals surface area contributed by atoms with Gasteiger partial charge in [0.2, 0.25) is 0 Å². The van der Waals surface area contributed by atoms with Crippen LogP contribution in [0.4, 0.5) is 11.6 Å². The van der Waals surface area contributed by atoms with Crippen LogP contribution in [0.25, 0.3) is 10.9 Å². The molecule has 7 heteroatoms. The van der Waals surface area contributed by atoms with Crippen LogP contribution in [0.15, 0.2) is 35.9 Å². The molecule has 1 aliphatic carbocycles. The van der Waals surface area contributed by atoms with Crippen molar-refractivity contribution >= 4 is 22.5 Å². The van der Waals surface area contributed by atoms with Crippen LogP contribution in [0, 0.1) is 17.2 Å². The first-order valence-electron chi connectivity index (χ1n) is 8.51. The van der Waals surface area contributed by atoms with Crippen LogP contribution in [0.5, 0.6) is 0 Å². The van der Waals surface area contributed by atoms with Crippen molar-refractivity contribution in [1.29, 1.82) is 5.26 Å². The molecule has 2 atom stereocenters. The average molecular weight is 350 g/mol. The predicted octanol–water partition coefficient (Wildman–Crippen LogP) is 3.08. The zero-order valence-corrected chi connectivity index (χ0v) is 15.1. The Hall–Kier alpha value is -3.14. The van der Waals surface area contributed by atoms with Gasteiger partial charge in [0.15, 0.2) is 0 Å². The SMILES string of the molecule is CC1=C(O)C=C[C@@H](C)C1c1nc(N(C)CCC#N)cc2c(N)ncnc12. The van der Waals surface area contributed by atoms with E-state index in [9.17, 15) is 5.11 Å². The maximum absolute atomic E-state index is 10.2. The number of nitriles is 1. The maximum Gasteiger partial charge on any atom is 0.134 e. The number of anilines is 2. The molecule has 2 aromatic rings. The highest BCUT2D eigenvalue weighted by molar-refractivity contribution is 5.91. The second kappa shape index (κ2) is 7.00. The van der Waals surface area contributed by atoms with Crippen molar-refractivity contribution in [3.05, 3.63) is 41.6 Å². The number of nitrogens with zero attached hydrogens (tertiary/aromatic N) is 5. The summed E-state index contributed by atoms with van der Waals surface area (Å²) in [5.74, 6) is 1.39. The van der Waals surface area contributed by atoms with Gasteiger partial charge in [-0.1, -0.05) is 13.0 Å². The highest BCUT2D eigenvalue weighted by Gasteiger charge is 2.29. The number of aliphatic hydroxyl groups is 1. The fourth-order valence-corrected chi connectivity index (χ4v) is 3.33. The number of aliphatic hydroxyl groups excluding tert-OH is 1. The van der Waals surface area contributed by atoms with E-state index in [1.165, 1.54) is 6.33 Å². The summed E-state index contributed by atoms with van der Waals surface area (Å²) < 4.78 is 0. The van der Waals surface area contributed by atoms with E-state index >= 15 is 0 Å². The van der Waals surface area contributed by atoms with Gasteiger partial charge in [-0.3, -0.25) is 0 Å². The standard InChI is InChI=1S/C19H22N6O/c1-11-5-6-14(26)12(2)16(11)18-17-13(19(21)23-10-22-17)9-15(24-18)25(3)8-4-7-20/h5-6,9-11,16,26H,4,8H2,1-3H3,(H2,21,22,23)/t11-,16?/m1/s1. The molecule has 7 nitrogen and oxygen atoms in total. The highest BCUT2D eigenvalue weighted by Crippen LogP contribution is 2.40. The number of rotatable bonds is 4. The number of nitrogens with two attached hydrogens (primary N) is 1. The van der Waals surface area contributed by atoms with Crippen LogP contribution in [-0.2, 0) is 0 Å². The third kappa shape index (κ3) is 3.06. The van der Waals surface area contributed by atoms with Gasteiger partial charge in [0.1, 0.15) is 23.7 Å². The van der Waals surface area contributed by atoms with Gasteiger partial charge in [0.25, 0.3) is 0 Å². The Morgan fingerprint density at radius 2 is 2.15 bits per heavy atom. The molecule has 2 heterocycles. The van der Waals surface area contributed by atoms with Crippen molar-refractivity contribution in [1.82, 2.24) is 15.0 Å². The Morgan fingerprint density at radius 1 is 1.38 bits per heavy atom. The fourth-order valence-electron chi connectivity index (χ4n) is 3.33. The molecule has 26 heavy (non-hydrogen) atoms. The molecule has 2 aromatic heterocycles. The van der Waals surface area contributed by atoms with Gasteiger partial charge in [-0.25, -0.2) is 15.0 Å². The van der Waals surface area contributed by atoms with Gasteiger partial charge in [0.05, 0.1) is 23.7 Å². The van der Waals surface area contributed by atoms with E-state index < -0.39 is 0 Å². The van der Waals surface area contributed by atoms with Crippen molar-refractivity contribution in [2.24, 2.45) is 5.92 Å². The number of aromatic nitrogens is 3. The molecule has 1 unspecified atom stereocenters. The van der Waals surface area contributed by atoms with Crippen molar-refractivity contribution < 1.29 is 5.11 Å². The van der Waals surface area contributed by atoms with Gasteiger partial charge < -0.3 is 15.7 Å². The minimum absolute atomic E-state index is 0.110. The van der Waals surface area contributed by atoms with E-state index in [4.69, 9.17) is 16.0 Å². The summed E-state index contributed by atoms with van der Waals surface area (Å²) in [6.07, 6.45) is 5.53. The number of nitrogen functional groups attached to an aromatic ring is 1. The number of allylic oxidation sites excluding steroid dienone is 3. The van der Waals surface area contributed by atoms with Crippen LogP contribution >= 0.6 is 0 Å². The second-order valence-corrected chi connectivity index (χ2v) is 6.61. The summed E-state index contributed by atoms with van der Waals surface area (Å²) in [6.45, 7) is 4.55. The van der Waals surface area contributed by atoms with Crippen molar-refractivity contribution in [3.63, 3.8) is 0 Å². The van der Waals surface area contributed by atoms with Gasteiger partial charge >= 0.3 is 0 Å². The Balaban J connectivity index is 2.22. The Bertz CT molecular complexity index is 943. The molecule has 0 aliphatic heterocycles. The van der Waals surface area contributed by atoms with Crippen molar-refractivity contribution in [2.75, 3.05) is 24.2 Å². The maximum atomic E-state index is 10.2. The van der Waals surface area contributed by atoms with Crippen LogP contribution in [0.2, 0.25) is 0 Å². The van der Waals surface area contributed by atoms with Crippen LogP contribution in [0.3, 0.4) is 0 Å². The fraction of sp³-hybridized carbons (Fsp3) is 0.368. The minimum atomic E-state index is -0.110. The topological polar surface area (TPSA) is 112 Å². The molecular weight excluding hydrogens is 328 g/mol. The third-order valence-electron chi connectivity index (χ3n) is 4.86. The van der Waals surface area contributed by atoms with Gasteiger partial charge in [-0.2, -0.15) is 5.26 Å². The molecule has 3 rings (SSSR count). The van der Waals surface area contributed by atoms with Crippen molar-refractivity contribution in [2.45, 2.75) is 26.2 Å². The Labute approximate surface area is 152 Å². The molecule has 1 aliphatic rings. The van der Waals surface area contributed by atoms with E-state index in [2.05, 4.69) is 23.0 Å². The van der Waals surface area contributed by atoms with Gasteiger partial charge in [0, 0.05) is 24.9 Å². The normalized spacial score (nSPS) is 19.6. The zero-order valence-electron chi connectivity index (χ0n) is 15.1. The average Bonchev–Trinajstić information content (AvgIpc) is 2.63. The van der Waals surface area contributed by atoms with E-state index in [0.29, 0.717) is 30.1 Å². The number of hydrogen-bond acceptors (Lipinski definition) is 7. The third-order valence-corrected chi connectivity index (χ3v) is 4.86. The molecule has 0 aromatic carbocycles. The lowest BCUT2D eigenvalue weighted by Crippen LogP contribution is -2.22. The molecule has 0 saturated carbocycles. The van der Waals surface area contributed by atoms with Crippen molar-refractivity contribution in [3.8, 4) is 6.07 Å². The molecule has 0 amide bonds. The number of hydrogen-bond donors (Lipinski definition) is 2. The number of pyridine rings is 1. The largest absolute Gasteiger partial charge is 0.508 e. The molecule has 0 radical (unpaired) electrons. The molecule has 0 saturated heterocycles. The van der Waals surface area contributed by atoms with E-state index in [1.54, 1.807) is 6.08 Å². The predicted molar refractivity (Wildman–Crippen MR) is 102 cm³/mol. The lowest BCUT2D eigenvalue weighted by molar-refractivity contribution is 0.404. The monoisotopic (exact) mass is 350 g/mol. The quantitative estimate of drug-likeness (QED) is 0.871. The summed E-state index contributed by atoms with van der Waals surface area (Å²) in [5.41, 5.74) is 8.39. The molecule has 0 bridgehead atoms. The van der Waals surface area contributed by atoms with E-state index in [0.717, 1.165) is 16.7 Å². The van der Waals surface area contributed by atoms with Crippen LogP contribution in [0.1, 0.15) is 31.9 Å². The lowest BCUT2D eigenvalue weighted by atomic mass is 9.80. The second-order valence-electron chi connectivity index (χ2n) is 6.61. The van der Waals surface area contributed by atoms with E-state index in [1.807, 2.05) is 31.0 Å². The molecular formula is C19H22N6O. The van der Waals surface area contributed by atoms with Gasteiger partial charge in [-0.05, 0) is 30.6 Å². The zero-order chi connectivity index (χ0) is 18.8. The van der Waals surface area contributed by atoms with Crippen LogP contribution < -0.4 is 10.6 Å². The Kier molecular flexibility index (Phi) is 4.76. The summed E-state index contributed by atoms with van der Waals surface area (Å²) >= 11 is 0. The first-order chi connectivity index (χ1) is 12.4. The molecule has 134 valence electrons. The summed E-state index contributed by atoms with van der Waals surface area (Å²) in [4.78, 5) is 15.3. The molecule has 0 spiro atoms. The highest BCUT2D eigenvalue weighted by atomic mass is 16.3. The summed E-state index contributed by atoms with van der Waals surface area (Å²) in [7, 11) is 1.89. The first-order valence-corrected chi connectivity index (χ1v) is 8.51. The van der Waals surface area contributed by atoms with E-state index in [-0.39, 0.29) is 17.6 Å².